The molecule has 0 aliphatic rings. The molecule has 3 rings (SSSR count). The molecule has 0 bridgehead atoms. The Hall–Kier alpha value is -2.93. The Bertz CT molecular complexity index is 835. The van der Waals surface area contributed by atoms with Gasteiger partial charge in [0, 0.05) is 10.6 Å². The molecule has 1 N–H and O–H groups in total. The molecule has 0 aliphatic heterocycles. The van der Waals surface area contributed by atoms with E-state index in [-0.39, 0.29) is 24.3 Å². The molecule has 24 heavy (non-hydrogen) atoms. The van der Waals surface area contributed by atoms with E-state index in [1.54, 1.807) is 24.3 Å². The number of nitrogens with one attached hydrogen (secondary N) is 1. The molecule has 0 saturated carbocycles. The van der Waals surface area contributed by atoms with Crippen molar-refractivity contribution in [3.63, 3.8) is 0 Å². The summed E-state index contributed by atoms with van der Waals surface area (Å²) in [4.78, 5) is 15.9. The zero-order valence-corrected chi connectivity index (χ0v) is 13.0. The van der Waals surface area contributed by atoms with Crippen molar-refractivity contribution < 1.29 is 18.4 Å². The highest BCUT2D eigenvalue weighted by atomic mass is 35.5. The highest BCUT2D eigenvalue weighted by Crippen LogP contribution is 2.20. The van der Waals surface area contributed by atoms with Crippen LogP contribution in [0.4, 0.5) is 10.3 Å². The first-order chi connectivity index (χ1) is 11.6. The van der Waals surface area contributed by atoms with E-state index in [1.165, 1.54) is 24.3 Å². The van der Waals surface area contributed by atoms with Crippen LogP contribution >= 0.6 is 11.6 Å². The van der Waals surface area contributed by atoms with Crippen LogP contribution in [0.1, 0.15) is 0 Å². The van der Waals surface area contributed by atoms with Gasteiger partial charge in [0.1, 0.15) is 11.6 Å². The van der Waals surface area contributed by atoms with Crippen molar-refractivity contribution in [3.05, 3.63) is 59.4 Å². The number of hydrogen-bond acceptors (Lipinski definition) is 5. The molecule has 1 heterocycles. The molecule has 2 aromatic carbocycles. The maximum absolute atomic E-state index is 12.8. The largest absolute Gasteiger partial charge is 0.484 e. The summed E-state index contributed by atoms with van der Waals surface area (Å²) >= 11 is 5.81. The van der Waals surface area contributed by atoms with Crippen LogP contribution in [-0.2, 0) is 4.79 Å². The van der Waals surface area contributed by atoms with Crippen LogP contribution in [0.2, 0.25) is 5.02 Å². The standard InChI is InChI=1S/C16H11ClFN3O3/c17-11-3-1-10(2-4-11)15-20-16(21-24-15)19-14(22)9-23-13-7-5-12(18)6-8-13/h1-8H,9H2,(H,19,21,22). The fraction of sp³-hybridized carbons (Fsp3) is 0.0625. The molecule has 1 aromatic heterocycles. The first-order valence-corrected chi connectivity index (χ1v) is 7.26. The van der Waals surface area contributed by atoms with E-state index >= 15 is 0 Å². The number of halogens is 2. The van der Waals surface area contributed by atoms with E-state index in [0.29, 0.717) is 16.3 Å². The second-order valence-corrected chi connectivity index (χ2v) is 5.16. The van der Waals surface area contributed by atoms with E-state index in [1.807, 2.05) is 0 Å². The second-order valence-electron chi connectivity index (χ2n) is 4.72. The minimum atomic E-state index is -0.470. The minimum Gasteiger partial charge on any atom is -0.484 e. The monoisotopic (exact) mass is 347 g/mol. The molecule has 0 atom stereocenters. The lowest BCUT2D eigenvalue weighted by molar-refractivity contribution is -0.118. The van der Waals surface area contributed by atoms with Gasteiger partial charge in [0.25, 0.3) is 17.7 Å². The summed E-state index contributed by atoms with van der Waals surface area (Å²) in [7, 11) is 0. The van der Waals surface area contributed by atoms with Crippen molar-refractivity contribution >= 4 is 23.5 Å². The van der Waals surface area contributed by atoms with Gasteiger partial charge < -0.3 is 9.26 Å². The van der Waals surface area contributed by atoms with Gasteiger partial charge in [-0.05, 0) is 53.7 Å². The Morgan fingerprint density at radius 1 is 1.17 bits per heavy atom. The summed E-state index contributed by atoms with van der Waals surface area (Å²) in [5.41, 5.74) is 0.676. The summed E-state index contributed by atoms with van der Waals surface area (Å²) in [5, 5.41) is 6.70. The molecular formula is C16H11ClFN3O3. The summed E-state index contributed by atoms with van der Waals surface area (Å²) in [5.74, 6) is -0.202. The van der Waals surface area contributed by atoms with E-state index in [9.17, 15) is 9.18 Å². The lowest BCUT2D eigenvalue weighted by Gasteiger charge is -2.04. The highest BCUT2D eigenvalue weighted by molar-refractivity contribution is 6.30. The number of amides is 1. The van der Waals surface area contributed by atoms with Gasteiger partial charge in [-0.3, -0.25) is 10.1 Å². The Balaban J connectivity index is 1.57. The maximum atomic E-state index is 12.8. The Kier molecular flexibility index (Phi) is 4.72. The molecule has 0 saturated heterocycles. The van der Waals surface area contributed by atoms with Gasteiger partial charge >= 0.3 is 0 Å². The number of ether oxygens (including phenoxy) is 1. The fourth-order valence-electron chi connectivity index (χ4n) is 1.82. The van der Waals surface area contributed by atoms with Crippen molar-refractivity contribution in [1.29, 1.82) is 0 Å². The van der Waals surface area contributed by atoms with Gasteiger partial charge in [0.2, 0.25) is 0 Å². The van der Waals surface area contributed by atoms with Crippen LogP contribution in [0.25, 0.3) is 11.5 Å². The molecule has 6 nitrogen and oxygen atoms in total. The normalized spacial score (nSPS) is 10.4. The van der Waals surface area contributed by atoms with E-state index in [2.05, 4.69) is 15.5 Å². The van der Waals surface area contributed by atoms with Gasteiger partial charge in [0.05, 0.1) is 0 Å². The number of rotatable bonds is 5. The average Bonchev–Trinajstić information content (AvgIpc) is 3.03. The quantitative estimate of drug-likeness (QED) is 0.763. The van der Waals surface area contributed by atoms with Gasteiger partial charge in [-0.2, -0.15) is 4.98 Å². The second kappa shape index (κ2) is 7.10. The number of carbonyl (C=O) groups excluding carboxylic acids is 1. The van der Waals surface area contributed by atoms with Crippen LogP contribution in [0.5, 0.6) is 5.75 Å². The van der Waals surface area contributed by atoms with Gasteiger partial charge in [-0.1, -0.05) is 11.6 Å². The van der Waals surface area contributed by atoms with Crippen molar-refractivity contribution in [1.82, 2.24) is 10.1 Å². The molecule has 0 radical (unpaired) electrons. The summed E-state index contributed by atoms with van der Waals surface area (Å²) < 4.78 is 23.1. The van der Waals surface area contributed by atoms with Gasteiger partial charge in [-0.15, -0.1) is 0 Å². The summed E-state index contributed by atoms with van der Waals surface area (Å²) in [6.45, 7) is -0.267. The minimum absolute atomic E-state index is 0.0210. The number of nitrogens with zero attached hydrogens (tertiary/aromatic N) is 2. The van der Waals surface area contributed by atoms with Gasteiger partial charge in [0.15, 0.2) is 6.61 Å². The van der Waals surface area contributed by atoms with Crippen LogP contribution in [-0.4, -0.2) is 22.7 Å². The van der Waals surface area contributed by atoms with Crippen LogP contribution in [0.3, 0.4) is 0 Å². The molecule has 3 aromatic rings. The van der Waals surface area contributed by atoms with Crippen LogP contribution < -0.4 is 10.1 Å². The van der Waals surface area contributed by atoms with Crippen molar-refractivity contribution in [3.8, 4) is 17.2 Å². The van der Waals surface area contributed by atoms with E-state index in [0.717, 1.165) is 0 Å². The molecular weight excluding hydrogens is 337 g/mol. The van der Waals surface area contributed by atoms with Crippen LogP contribution in [0, 0.1) is 5.82 Å². The Labute approximate surface area is 141 Å². The summed E-state index contributed by atoms with van der Waals surface area (Å²) in [6.07, 6.45) is 0. The predicted molar refractivity (Wildman–Crippen MR) is 85.3 cm³/mol. The molecule has 122 valence electrons. The lowest BCUT2D eigenvalue weighted by atomic mass is 10.2. The third kappa shape index (κ3) is 4.08. The molecule has 0 aliphatic carbocycles. The van der Waals surface area contributed by atoms with E-state index < -0.39 is 5.91 Å². The zero-order valence-electron chi connectivity index (χ0n) is 12.2. The Morgan fingerprint density at radius 2 is 1.88 bits per heavy atom. The van der Waals surface area contributed by atoms with Crippen molar-refractivity contribution in [2.75, 3.05) is 11.9 Å². The molecule has 0 fully saturated rings. The number of aromatic nitrogens is 2. The number of anilines is 1. The number of carbonyl (C=O) groups is 1. The predicted octanol–water partition coefficient (Wildman–Crippen LogP) is 3.55. The first kappa shape index (κ1) is 15.9. The topological polar surface area (TPSA) is 77.2 Å². The molecule has 1 amide bonds. The lowest BCUT2D eigenvalue weighted by Crippen LogP contribution is -2.20. The molecule has 0 spiro atoms. The number of benzene rings is 2. The average molecular weight is 348 g/mol. The maximum Gasteiger partial charge on any atom is 0.270 e. The third-order valence-electron chi connectivity index (χ3n) is 2.95. The van der Waals surface area contributed by atoms with Crippen molar-refractivity contribution in [2.24, 2.45) is 0 Å². The van der Waals surface area contributed by atoms with Gasteiger partial charge in [-0.25, -0.2) is 4.39 Å². The Morgan fingerprint density at radius 3 is 2.58 bits per heavy atom. The third-order valence-corrected chi connectivity index (χ3v) is 3.20. The van der Waals surface area contributed by atoms with Crippen LogP contribution in [0.15, 0.2) is 53.1 Å². The highest BCUT2D eigenvalue weighted by Gasteiger charge is 2.12. The van der Waals surface area contributed by atoms with E-state index in [4.69, 9.17) is 20.9 Å². The number of hydrogen-bond donors (Lipinski definition) is 1. The SMILES string of the molecule is O=C(COc1ccc(F)cc1)Nc1noc(-c2ccc(Cl)cc2)n1. The summed E-state index contributed by atoms with van der Waals surface area (Å²) in [6, 6.07) is 12.2. The molecule has 0 unspecified atom stereocenters. The first-order valence-electron chi connectivity index (χ1n) is 6.88. The smallest absolute Gasteiger partial charge is 0.270 e. The zero-order chi connectivity index (χ0) is 16.9. The fourth-order valence-corrected chi connectivity index (χ4v) is 1.95. The van der Waals surface area contributed by atoms with Crippen molar-refractivity contribution in [2.45, 2.75) is 0 Å². The molecule has 8 heteroatoms.